The van der Waals surface area contributed by atoms with Gasteiger partial charge in [-0.25, -0.2) is 0 Å². The van der Waals surface area contributed by atoms with Gasteiger partial charge in [0.2, 0.25) is 0 Å². The summed E-state index contributed by atoms with van der Waals surface area (Å²) in [5.41, 5.74) is 2.05. The third-order valence-electron chi connectivity index (χ3n) is 3.59. The van der Waals surface area contributed by atoms with Gasteiger partial charge in [0.25, 0.3) is 0 Å². The molecule has 2 rings (SSSR count). The molecule has 2 nitrogen and oxygen atoms in total. The van der Waals surface area contributed by atoms with E-state index in [2.05, 4.69) is 24.4 Å². The Bertz CT molecular complexity index is 406. The molecular formula is C15H20N2. The van der Waals surface area contributed by atoms with Crippen molar-refractivity contribution >= 4 is 0 Å². The van der Waals surface area contributed by atoms with E-state index in [1.54, 1.807) is 0 Å². The minimum absolute atomic E-state index is 0.657. The highest BCUT2D eigenvalue weighted by Crippen LogP contribution is 2.18. The van der Waals surface area contributed by atoms with Gasteiger partial charge < -0.3 is 5.32 Å². The second-order valence-corrected chi connectivity index (χ2v) is 5.13. The van der Waals surface area contributed by atoms with Gasteiger partial charge in [-0.1, -0.05) is 19.1 Å². The lowest BCUT2D eigenvalue weighted by Gasteiger charge is -2.28. The van der Waals surface area contributed by atoms with E-state index in [0.717, 1.165) is 24.4 Å². The molecule has 0 saturated carbocycles. The zero-order valence-corrected chi connectivity index (χ0v) is 10.4. The van der Waals surface area contributed by atoms with Crippen LogP contribution in [-0.2, 0) is 6.42 Å². The fraction of sp³-hybridized carbons (Fsp3) is 0.533. The van der Waals surface area contributed by atoms with Gasteiger partial charge in [0.15, 0.2) is 0 Å². The summed E-state index contributed by atoms with van der Waals surface area (Å²) in [7, 11) is 0. The van der Waals surface area contributed by atoms with E-state index < -0.39 is 0 Å². The van der Waals surface area contributed by atoms with Crippen molar-refractivity contribution in [2.24, 2.45) is 5.92 Å². The molecule has 1 aliphatic rings. The number of nitrogens with zero attached hydrogens (tertiary/aromatic N) is 1. The molecule has 1 N–H and O–H groups in total. The molecule has 1 fully saturated rings. The Morgan fingerprint density at radius 1 is 1.47 bits per heavy atom. The smallest absolute Gasteiger partial charge is 0.0991 e. The summed E-state index contributed by atoms with van der Waals surface area (Å²) in [6.45, 7) is 3.49. The Balaban J connectivity index is 1.87. The molecule has 1 aromatic rings. The normalized spacial score (nSPS) is 24.2. The molecule has 2 heteroatoms. The van der Waals surface area contributed by atoms with Crippen molar-refractivity contribution < 1.29 is 0 Å². The van der Waals surface area contributed by atoms with Crippen LogP contribution in [0.25, 0.3) is 0 Å². The van der Waals surface area contributed by atoms with E-state index in [0.29, 0.717) is 6.04 Å². The molecule has 0 aliphatic carbocycles. The van der Waals surface area contributed by atoms with Crippen LogP contribution in [-0.4, -0.2) is 12.6 Å². The average molecular weight is 228 g/mol. The van der Waals surface area contributed by atoms with Gasteiger partial charge in [0, 0.05) is 6.04 Å². The van der Waals surface area contributed by atoms with Crippen molar-refractivity contribution in [3.8, 4) is 6.07 Å². The number of nitriles is 1. The molecule has 17 heavy (non-hydrogen) atoms. The van der Waals surface area contributed by atoms with Crippen LogP contribution in [0.1, 0.15) is 37.3 Å². The molecule has 1 saturated heterocycles. The van der Waals surface area contributed by atoms with Gasteiger partial charge in [-0.2, -0.15) is 5.26 Å². The molecule has 2 atom stereocenters. The average Bonchev–Trinajstić information content (AvgIpc) is 2.37. The Morgan fingerprint density at radius 2 is 2.35 bits per heavy atom. The molecule has 1 heterocycles. The van der Waals surface area contributed by atoms with Gasteiger partial charge >= 0.3 is 0 Å². The Hall–Kier alpha value is -1.33. The van der Waals surface area contributed by atoms with Crippen molar-refractivity contribution in [3.63, 3.8) is 0 Å². The summed E-state index contributed by atoms with van der Waals surface area (Å²) in [6, 6.07) is 10.8. The highest BCUT2D eigenvalue weighted by molar-refractivity contribution is 5.32. The number of aryl methyl sites for hydroxylation is 1. The Morgan fingerprint density at radius 3 is 3.12 bits per heavy atom. The topological polar surface area (TPSA) is 35.8 Å². The van der Waals surface area contributed by atoms with E-state index in [9.17, 15) is 0 Å². The number of rotatable bonds is 3. The van der Waals surface area contributed by atoms with E-state index in [1.807, 2.05) is 18.2 Å². The molecule has 0 aromatic heterocycles. The SMILES string of the molecule is CC1CCNC(CCc2cccc(C#N)c2)C1. The summed E-state index contributed by atoms with van der Waals surface area (Å²) in [4.78, 5) is 0. The summed E-state index contributed by atoms with van der Waals surface area (Å²) >= 11 is 0. The van der Waals surface area contributed by atoms with Crippen molar-refractivity contribution in [3.05, 3.63) is 35.4 Å². The molecule has 1 aromatic carbocycles. The Labute approximate surface area is 104 Å². The number of hydrogen-bond acceptors (Lipinski definition) is 2. The highest BCUT2D eigenvalue weighted by atomic mass is 14.9. The van der Waals surface area contributed by atoms with Crippen LogP contribution >= 0.6 is 0 Å². The maximum atomic E-state index is 8.85. The minimum Gasteiger partial charge on any atom is -0.314 e. The number of nitrogens with one attached hydrogen (secondary N) is 1. The molecule has 2 unspecified atom stereocenters. The van der Waals surface area contributed by atoms with Crippen molar-refractivity contribution in [1.29, 1.82) is 5.26 Å². The Kier molecular flexibility index (Phi) is 4.17. The summed E-state index contributed by atoms with van der Waals surface area (Å²) in [6.07, 6.45) is 4.84. The van der Waals surface area contributed by atoms with Gasteiger partial charge in [-0.3, -0.25) is 0 Å². The van der Waals surface area contributed by atoms with Crippen LogP contribution in [0.2, 0.25) is 0 Å². The van der Waals surface area contributed by atoms with Crippen molar-refractivity contribution in [1.82, 2.24) is 5.32 Å². The predicted molar refractivity (Wildman–Crippen MR) is 69.7 cm³/mol. The highest BCUT2D eigenvalue weighted by Gasteiger charge is 2.17. The quantitative estimate of drug-likeness (QED) is 0.863. The van der Waals surface area contributed by atoms with Crippen LogP contribution in [0, 0.1) is 17.2 Å². The van der Waals surface area contributed by atoms with Gasteiger partial charge in [-0.05, 0) is 55.8 Å². The largest absolute Gasteiger partial charge is 0.314 e. The lowest BCUT2D eigenvalue weighted by molar-refractivity contribution is 0.308. The number of piperidine rings is 1. The van der Waals surface area contributed by atoms with E-state index in [4.69, 9.17) is 5.26 Å². The molecule has 1 aliphatic heterocycles. The maximum absolute atomic E-state index is 8.85. The zero-order valence-electron chi connectivity index (χ0n) is 10.4. The number of benzene rings is 1. The van der Waals surface area contributed by atoms with Crippen LogP contribution in [0.5, 0.6) is 0 Å². The number of hydrogen-bond donors (Lipinski definition) is 1. The van der Waals surface area contributed by atoms with E-state index in [-0.39, 0.29) is 0 Å². The van der Waals surface area contributed by atoms with Crippen LogP contribution < -0.4 is 5.32 Å². The van der Waals surface area contributed by atoms with Crippen LogP contribution in [0.15, 0.2) is 24.3 Å². The minimum atomic E-state index is 0.657. The van der Waals surface area contributed by atoms with Crippen LogP contribution in [0.4, 0.5) is 0 Å². The third kappa shape index (κ3) is 3.57. The van der Waals surface area contributed by atoms with Gasteiger partial charge in [-0.15, -0.1) is 0 Å². The second kappa shape index (κ2) is 5.84. The summed E-state index contributed by atoms with van der Waals surface area (Å²) in [5, 5.41) is 12.4. The first kappa shape index (κ1) is 12.1. The molecule has 0 radical (unpaired) electrons. The second-order valence-electron chi connectivity index (χ2n) is 5.13. The van der Waals surface area contributed by atoms with Crippen molar-refractivity contribution in [2.75, 3.05) is 6.54 Å². The fourth-order valence-corrected chi connectivity index (χ4v) is 2.58. The van der Waals surface area contributed by atoms with E-state index in [1.165, 1.54) is 24.8 Å². The summed E-state index contributed by atoms with van der Waals surface area (Å²) in [5.74, 6) is 0.853. The first-order valence-corrected chi connectivity index (χ1v) is 6.50. The third-order valence-corrected chi connectivity index (χ3v) is 3.59. The molecule has 0 bridgehead atoms. The van der Waals surface area contributed by atoms with Gasteiger partial charge in [0.1, 0.15) is 0 Å². The summed E-state index contributed by atoms with van der Waals surface area (Å²) < 4.78 is 0. The van der Waals surface area contributed by atoms with Crippen LogP contribution in [0.3, 0.4) is 0 Å². The monoisotopic (exact) mass is 228 g/mol. The zero-order chi connectivity index (χ0) is 12.1. The first-order valence-electron chi connectivity index (χ1n) is 6.50. The molecule has 0 amide bonds. The maximum Gasteiger partial charge on any atom is 0.0991 e. The lowest BCUT2D eigenvalue weighted by Crippen LogP contribution is -2.37. The molecular weight excluding hydrogens is 208 g/mol. The fourth-order valence-electron chi connectivity index (χ4n) is 2.58. The lowest BCUT2D eigenvalue weighted by atomic mass is 9.91. The van der Waals surface area contributed by atoms with E-state index >= 15 is 0 Å². The first-order chi connectivity index (χ1) is 8.28. The molecule has 0 spiro atoms. The molecule has 90 valence electrons. The standard InChI is InChI=1S/C15H20N2/c1-12-7-8-17-15(9-12)6-5-13-3-2-4-14(10-13)11-16/h2-4,10,12,15,17H,5-9H2,1H3. The predicted octanol–water partition coefficient (Wildman–Crippen LogP) is 2.88. The van der Waals surface area contributed by atoms with Gasteiger partial charge in [0.05, 0.1) is 11.6 Å². The van der Waals surface area contributed by atoms with Crippen molar-refractivity contribution in [2.45, 2.75) is 38.6 Å².